The van der Waals surface area contributed by atoms with Crippen molar-refractivity contribution in [1.82, 2.24) is 0 Å². The first-order valence-corrected chi connectivity index (χ1v) is 6.61. The van der Waals surface area contributed by atoms with Gasteiger partial charge in [-0.25, -0.2) is 0 Å². The summed E-state index contributed by atoms with van der Waals surface area (Å²) in [4.78, 5) is 0. The van der Waals surface area contributed by atoms with Crippen LogP contribution in [0.2, 0.25) is 0 Å². The van der Waals surface area contributed by atoms with Gasteiger partial charge in [0, 0.05) is 16.8 Å². The van der Waals surface area contributed by atoms with Crippen LogP contribution in [0.1, 0.15) is 57.4 Å². The van der Waals surface area contributed by atoms with Gasteiger partial charge >= 0.3 is 0 Å². The molecule has 0 aliphatic heterocycles. The number of phenols is 1. The van der Waals surface area contributed by atoms with E-state index in [0.29, 0.717) is 5.75 Å². The Labute approximate surface area is 116 Å². The molecule has 1 N–H and O–H groups in total. The first kappa shape index (κ1) is 16.5. The van der Waals surface area contributed by atoms with Crippen molar-refractivity contribution in [3.63, 3.8) is 0 Å². The zero-order chi connectivity index (χ0) is 11.6. The average molecular weight is 279 g/mol. The number of rotatable bonds is 8. The van der Waals surface area contributed by atoms with Crippen LogP contribution >= 0.6 is 0 Å². The first-order chi connectivity index (χ1) is 7.84. The van der Waals surface area contributed by atoms with E-state index in [-0.39, 0.29) is 16.8 Å². The molecule has 17 heavy (non-hydrogen) atoms. The van der Waals surface area contributed by atoms with Crippen molar-refractivity contribution < 1.29 is 21.9 Å². The first-order valence-electron chi connectivity index (χ1n) is 6.61. The van der Waals surface area contributed by atoms with Gasteiger partial charge in [0.05, 0.1) is 0 Å². The Hall–Kier alpha value is -0.474. The molecule has 0 heterocycles. The van der Waals surface area contributed by atoms with Gasteiger partial charge in [-0.15, -0.1) is 0 Å². The maximum atomic E-state index is 9.58. The summed E-state index contributed by atoms with van der Waals surface area (Å²) in [6.45, 7) is 2.25. The zero-order valence-electron chi connectivity index (χ0n) is 10.7. The summed E-state index contributed by atoms with van der Waals surface area (Å²) < 4.78 is 0. The van der Waals surface area contributed by atoms with Crippen molar-refractivity contribution in [2.45, 2.75) is 58.3 Å². The van der Waals surface area contributed by atoms with E-state index in [1.165, 1.54) is 44.9 Å². The van der Waals surface area contributed by atoms with Crippen LogP contribution in [0.15, 0.2) is 24.3 Å². The summed E-state index contributed by atoms with van der Waals surface area (Å²) in [6, 6.07) is 7.67. The van der Waals surface area contributed by atoms with Crippen LogP contribution in [0, 0.1) is 0 Å². The molecule has 1 rings (SSSR count). The van der Waals surface area contributed by atoms with Crippen LogP contribution in [-0.2, 0) is 23.2 Å². The Morgan fingerprint density at radius 3 is 2.12 bits per heavy atom. The molecule has 0 amide bonds. The van der Waals surface area contributed by atoms with E-state index in [1.54, 1.807) is 6.07 Å². The molecule has 1 aromatic carbocycles. The number of phenolic OH excluding ortho intramolecular Hbond substituents is 1. The van der Waals surface area contributed by atoms with Gasteiger partial charge in [-0.1, -0.05) is 63.6 Å². The summed E-state index contributed by atoms with van der Waals surface area (Å²) in [5.41, 5.74) is 1.09. The minimum atomic E-state index is 0. The third kappa shape index (κ3) is 7.45. The number of hydrogen-bond donors (Lipinski definition) is 1. The van der Waals surface area contributed by atoms with Crippen LogP contribution in [0.4, 0.5) is 0 Å². The second kappa shape index (κ2) is 10.7. The third-order valence-electron chi connectivity index (χ3n) is 3.04. The molecule has 0 unspecified atom stereocenters. The van der Waals surface area contributed by atoms with E-state index < -0.39 is 0 Å². The summed E-state index contributed by atoms with van der Waals surface area (Å²) in [6.07, 6.45) is 10.3. The molecule has 0 aromatic heterocycles. The van der Waals surface area contributed by atoms with Gasteiger partial charge in [0.15, 0.2) is 0 Å². The predicted octanol–water partition coefficient (Wildman–Crippen LogP) is 4.68. The summed E-state index contributed by atoms with van der Waals surface area (Å²) >= 11 is 0. The molecule has 0 fully saturated rings. The van der Waals surface area contributed by atoms with Gasteiger partial charge < -0.3 is 5.11 Å². The zero-order valence-corrected chi connectivity index (χ0v) is 11.8. The Bertz CT molecular complexity index is 286. The number of para-hydroxylation sites is 1. The smallest absolute Gasteiger partial charge is 0.118 e. The largest absolute Gasteiger partial charge is 0.508 e. The van der Waals surface area contributed by atoms with E-state index in [9.17, 15) is 5.11 Å². The number of unbranched alkanes of at least 4 members (excludes halogenated alkanes) is 6. The standard InChI is InChI=1S/C15H24O.Co/c1-2-3-4-5-6-7-8-11-14-12-9-10-13-15(14)16;/h9-10,12-13,16H,2-8,11H2,1H3;. The van der Waals surface area contributed by atoms with E-state index in [4.69, 9.17) is 0 Å². The predicted molar refractivity (Wildman–Crippen MR) is 69.8 cm³/mol. The third-order valence-corrected chi connectivity index (χ3v) is 3.04. The minimum Gasteiger partial charge on any atom is -0.508 e. The van der Waals surface area contributed by atoms with E-state index in [1.807, 2.05) is 18.2 Å². The van der Waals surface area contributed by atoms with Crippen LogP contribution in [0.5, 0.6) is 5.75 Å². The molecule has 0 atom stereocenters. The molecule has 0 bridgehead atoms. The van der Waals surface area contributed by atoms with Gasteiger partial charge in [0.25, 0.3) is 0 Å². The Morgan fingerprint density at radius 2 is 1.47 bits per heavy atom. The van der Waals surface area contributed by atoms with Crippen molar-refractivity contribution >= 4 is 0 Å². The van der Waals surface area contributed by atoms with Gasteiger partial charge in [-0.05, 0) is 24.5 Å². The summed E-state index contributed by atoms with van der Waals surface area (Å²) in [7, 11) is 0. The molecule has 0 aliphatic carbocycles. The fourth-order valence-electron chi connectivity index (χ4n) is 1.99. The van der Waals surface area contributed by atoms with Crippen LogP contribution in [-0.4, -0.2) is 5.11 Å². The number of benzene rings is 1. The molecular weight excluding hydrogens is 255 g/mol. The minimum absolute atomic E-state index is 0. The number of hydrogen-bond acceptors (Lipinski definition) is 1. The maximum Gasteiger partial charge on any atom is 0.118 e. The maximum absolute atomic E-state index is 9.58. The van der Waals surface area contributed by atoms with Crippen molar-refractivity contribution in [2.75, 3.05) is 0 Å². The number of aryl methyl sites for hydroxylation is 1. The van der Waals surface area contributed by atoms with E-state index >= 15 is 0 Å². The summed E-state index contributed by atoms with van der Waals surface area (Å²) in [5, 5.41) is 9.58. The number of aromatic hydroxyl groups is 1. The molecule has 0 aliphatic rings. The summed E-state index contributed by atoms with van der Waals surface area (Å²) in [5.74, 6) is 0.452. The van der Waals surface area contributed by atoms with Gasteiger partial charge in [0.2, 0.25) is 0 Å². The van der Waals surface area contributed by atoms with Crippen molar-refractivity contribution in [3.05, 3.63) is 29.8 Å². The van der Waals surface area contributed by atoms with Crippen LogP contribution < -0.4 is 0 Å². The Balaban J connectivity index is 0.00000256. The molecule has 0 saturated carbocycles. The SMILES string of the molecule is CCCCCCCCCc1ccccc1O.[Co]. The van der Waals surface area contributed by atoms with E-state index in [2.05, 4.69) is 6.92 Å². The normalized spacial score (nSPS) is 9.94. The molecule has 99 valence electrons. The second-order valence-corrected chi connectivity index (χ2v) is 4.50. The Kier molecular flexibility index (Phi) is 10.4. The fourth-order valence-corrected chi connectivity index (χ4v) is 1.99. The second-order valence-electron chi connectivity index (χ2n) is 4.50. The van der Waals surface area contributed by atoms with Crippen molar-refractivity contribution in [1.29, 1.82) is 0 Å². The molecule has 1 radical (unpaired) electrons. The fraction of sp³-hybridized carbons (Fsp3) is 0.600. The van der Waals surface area contributed by atoms with Crippen molar-refractivity contribution in [3.8, 4) is 5.75 Å². The average Bonchev–Trinajstić information content (AvgIpc) is 2.30. The van der Waals surface area contributed by atoms with Gasteiger partial charge in [-0.2, -0.15) is 0 Å². The quantitative estimate of drug-likeness (QED) is 0.685. The van der Waals surface area contributed by atoms with Gasteiger partial charge in [0.1, 0.15) is 5.75 Å². The Morgan fingerprint density at radius 1 is 0.882 bits per heavy atom. The molecule has 0 saturated heterocycles. The molecule has 2 heteroatoms. The monoisotopic (exact) mass is 279 g/mol. The van der Waals surface area contributed by atoms with Crippen LogP contribution in [0.3, 0.4) is 0 Å². The van der Waals surface area contributed by atoms with Gasteiger partial charge in [-0.3, -0.25) is 0 Å². The molecule has 0 spiro atoms. The molecular formula is C15H24CoO. The molecule has 1 nitrogen and oxygen atoms in total. The van der Waals surface area contributed by atoms with Crippen LogP contribution in [0.25, 0.3) is 0 Å². The molecule has 1 aromatic rings. The topological polar surface area (TPSA) is 20.2 Å². The van der Waals surface area contributed by atoms with E-state index in [0.717, 1.165) is 12.0 Å². The van der Waals surface area contributed by atoms with Crippen molar-refractivity contribution in [2.24, 2.45) is 0 Å².